The second-order valence-electron chi connectivity index (χ2n) is 4.99. The molecule has 3 rings (SSSR count). The van der Waals surface area contributed by atoms with Crippen LogP contribution in [0.5, 0.6) is 0 Å². The summed E-state index contributed by atoms with van der Waals surface area (Å²) in [7, 11) is 0. The monoisotopic (exact) mass is 243 g/mol. The van der Waals surface area contributed by atoms with E-state index < -0.39 is 0 Å². The van der Waals surface area contributed by atoms with Gasteiger partial charge in [-0.25, -0.2) is 0 Å². The maximum absolute atomic E-state index is 11.2. The van der Waals surface area contributed by atoms with Crippen LogP contribution < -0.4 is 10.9 Å². The van der Waals surface area contributed by atoms with Gasteiger partial charge in [-0.05, 0) is 18.5 Å². The maximum atomic E-state index is 11.2. The minimum atomic E-state index is -0.0378. The second-order valence-corrected chi connectivity index (χ2v) is 4.99. The van der Waals surface area contributed by atoms with Crippen molar-refractivity contribution in [3.8, 4) is 0 Å². The third-order valence-corrected chi connectivity index (χ3v) is 3.76. The number of H-pyrrole nitrogens is 1. The van der Waals surface area contributed by atoms with Crippen molar-refractivity contribution in [1.29, 1.82) is 0 Å². The first-order chi connectivity index (χ1) is 8.78. The highest BCUT2D eigenvalue weighted by Gasteiger charge is 2.35. The molecule has 0 saturated carbocycles. The number of benzene rings is 1. The van der Waals surface area contributed by atoms with Crippen LogP contribution in [-0.2, 0) is 12.0 Å². The zero-order valence-electron chi connectivity index (χ0n) is 10.2. The van der Waals surface area contributed by atoms with E-state index in [1.807, 2.05) is 16.9 Å². The molecule has 0 spiro atoms. The lowest BCUT2D eigenvalue weighted by Gasteiger charge is -2.29. The third kappa shape index (κ3) is 1.99. The zero-order valence-corrected chi connectivity index (χ0v) is 10.2. The standard InChI is InChI=1S/C14H17N3O/c18-13-6-9-17(16-13)11-14(7-8-15-10-14)12-4-2-1-3-5-12/h1-6,9,15H,7-8,10-11H2,(H,16,18). The van der Waals surface area contributed by atoms with Gasteiger partial charge in [0.1, 0.15) is 0 Å². The van der Waals surface area contributed by atoms with E-state index in [-0.39, 0.29) is 11.0 Å². The van der Waals surface area contributed by atoms with E-state index in [1.165, 1.54) is 5.56 Å². The minimum Gasteiger partial charge on any atom is -0.316 e. The molecule has 1 atom stereocenters. The predicted molar refractivity (Wildman–Crippen MR) is 70.7 cm³/mol. The highest BCUT2D eigenvalue weighted by atomic mass is 16.1. The molecule has 1 aliphatic heterocycles. The van der Waals surface area contributed by atoms with Crippen LogP contribution >= 0.6 is 0 Å². The number of aromatic nitrogens is 2. The summed E-state index contributed by atoms with van der Waals surface area (Å²) in [4.78, 5) is 11.2. The van der Waals surface area contributed by atoms with E-state index in [2.05, 4.69) is 34.7 Å². The lowest BCUT2D eigenvalue weighted by atomic mass is 9.79. The van der Waals surface area contributed by atoms with Crippen molar-refractivity contribution in [2.45, 2.75) is 18.4 Å². The Morgan fingerprint density at radius 1 is 1.22 bits per heavy atom. The van der Waals surface area contributed by atoms with E-state index >= 15 is 0 Å². The van der Waals surface area contributed by atoms with Gasteiger partial charge in [0.25, 0.3) is 5.56 Å². The summed E-state index contributed by atoms with van der Waals surface area (Å²) in [6.45, 7) is 2.80. The number of hydrogen-bond donors (Lipinski definition) is 2. The van der Waals surface area contributed by atoms with E-state index in [0.717, 1.165) is 26.1 Å². The lowest BCUT2D eigenvalue weighted by Crippen LogP contribution is -2.34. The van der Waals surface area contributed by atoms with Gasteiger partial charge in [0.15, 0.2) is 0 Å². The van der Waals surface area contributed by atoms with Gasteiger partial charge in [0.05, 0.1) is 0 Å². The smallest absolute Gasteiger partial charge is 0.264 e. The molecule has 0 radical (unpaired) electrons. The Bertz CT molecular complexity index is 564. The van der Waals surface area contributed by atoms with Gasteiger partial charge in [0.2, 0.25) is 0 Å². The molecule has 2 heterocycles. The van der Waals surface area contributed by atoms with Crippen LogP contribution in [0.4, 0.5) is 0 Å². The number of nitrogens with one attached hydrogen (secondary N) is 2. The summed E-state index contributed by atoms with van der Waals surface area (Å²) < 4.78 is 1.89. The Kier molecular flexibility index (Phi) is 2.80. The molecule has 1 aliphatic rings. The van der Waals surface area contributed by atoms with Gasteiger partial charge < -0.3 is 5.32 Å². The summed E-state index contributed by atoms with van der Waals surface area (Å²) in [5.74, 6) is 0. The van der Waals surface area contributed by atoms with E-state index in [1.54, 1.807) is 6.07 Å². The topological polar surface area (TPSA) is 49.8 Å². The van der Waals surface area contributed by atoms with Crippen molar-refractivity contribution in [2.24, 2.45) is 0 Å². The average Bonchev–Trinajstić information content (AvgIpc) is 3.01. The van der Waals surface area contributed by atoms with Crippen LogP contribution in [-0.4, -0.2) is 22.9 Å². The molecule has 0 bridgehead atoms. The van der Waals surface area contributed by atoms with Crippen molar-refractivity contribution >= 4 is 0 Å². The highest BCUT2D eigenvalue weighted by Crippen LogP contribution is 2.32. The summed E-state index contributed by atoms with van der Waals surface area (Å²) in [6.07, 6.45) is 2.92. The van der Waals surface area contributed by atoms with Gasteiger partial charge in [-0.2, -0.15) is 0 Å². The van der Waals surface area contributed by atoms with Crippen LogP contribution in [0.3, 0.4) is 0 Å². The molecule has 0 aliphatic carbocycles. The zero-order chi connectivity index (χ0) is 12.4. The normalized spacial score (nSPS) is 23.3. The maximum Gasteiger partial charge on any atom is 0.264 e. The SMILES string of the molecule is O=c1ccn(CC2(c3ccccc3)CCNC2)[nH]1. The van der Waals surface area contributed by atoms with Crippen LogP contribution in [0.2, 0.25) is 0 Å². The molecule has 1 unspecified atom stereocenters. The molecule has 1 saturated heterocycles. The minimum absolute atomic E-state index is 0.0378. The quantitative estimate of drug-likeness (QED) is 0.848. The number of rotatable bonds is 3. The fraction of sp³-hybridized carbons (Fsp3) is 0.357. The number of hydrogen-bond acceptors (Lipinski definition) is 2. The molecule has 2 aromatic rings. The molecule has 18 heavy (non-hydrogen) atoms. The van der Waals surface area contributed by atoms with Gasteiger partial charge >= 0.3 is 0 Å². The van der Waals surface area contributed by atoms with Crippen molar-refractivity contribution < 1.29 is 0 Å². The molecule has 1 aromatic heterocycles. The largest absolute Gasteiger partial charge is 0.316 e. The van der Waals surface area contributed by atoms with Crippen LogP contribution in [0.15, 0.2) is 47.4 Å². The molecule has 4 nitrogen and oxygen atoms in total. The van der Waals surface area contributed by atoms with E-state index in [9.17, 15) is 4.79 Å². The fourth-order valence-corrected chi connectivity index (χ4v) is 2.80. The van der Waals surface area contributed by atoms with Gasteiger partial charge in [-0.3, -0.25) is 14.6 Å². The highest BCUT2D eigenvalue weighted by molar-refractivity contribution is 5.27. The lowest BCUT2D eigenvalue weighted by molar-refractivity contribution is 0.372. The second kappa shape index (κ2) is 4.46. The molecule has 1 fully saturated rings. The molecule has 1 aromatic carbocycles. The van der Waals surface area contributed by atoms with Gasteiger partial charge in [-0.1, -0.05) is 30.3 Å². The van der Waals surface area contributed by atoms with E-state index in [0.29, 0.717) is 0 Å². The van der Waals surface area contributed by atoms with Crippen molar-refractivity contribution in [3.63, 3.8) is 0 Å². The summed E-state index contributed by atoms with van der Waals surface area (Å²) in [5.41, 5.74) is 1.39. The van der Waals surface area contributed by atoms with Gasteiger partial charge in [-0.15, -0.1) is 0 Å². The Balaban J connectivity index is 1.95. The Morgan fingerprint density at radius 2 is 2.06 bits per heavy atom. The van der Waals surface area contributed by atoms with Gasteiger partial charge in [0, 0.05) is 30.8 Å². The number of nitrogens with zero attached hydrogens (tertiary/aromatic N) is 1. The summed E-state index contributed by atoms with van der Waals surface area (Å²) in [6, 6.07) is 12.1. The molecular weight excluding hydrogens is 226 g/mol. The predicted octanol–water partition coefficient (Wildman–Crippen LogP) is 1.11. The van der Waals surface area contributed by atoms with Crippen molar-refractivity contribution in [1.82, 2.24) is 15.1 Å². The van der Waals surface area contributed by atoms with Crippen molar-refractivity contribution in [3.05, 3.63) is 58.5 Å². The Labute approximate surface area is 106 Å². The summed E-state index contributed by atoms with van der Waals surface area (Å²) >= 11 is 0. The average molecular weight is 243 g/mol. The molecule has 4 heteroatoms. The van der Waals surface area contributed by atoms with Crippen molar-refractivity contribution in [2.75, 3.05) is 13.1 Å². The molecule has 2 N–H and O–H groups in total. The van der Waals surface area contributed by atoms with Crippen LogP contribution in [0.1, 0.15) is 12.0 Å². The Morgan fingerprint density at radius 3 is 2.67 bits per heavy atom. The number of aromatic amines is 1. The molecular formula is C14H17N3O. The first kappa shape index (κ1) is 11.3. The first-order valence-electron chi connectivity index (χ1n) is 6.30. The molecule has 0 amide bonds. The first-order valence-corrected chi connectivity index (χ1v) is 6.30. The Hall–Kier alpha value is -1.81. The van der Waals surface area contributed by atoms with E-state index in [4.69, 9.17) is 0 Å². The third-order valence-electron chi connectivity index (χ3n) is 3.76. The fourth-order valence-electron chi connectivity index (χ4n) is 2.80. The summed E-state index contributed by atoms with van der Waals surface area (Å²) in [5, 5.41) is 6.26. The van der Waals surface area contributed by atoms with Crippen LogP contribution in [0.25, 0.3) is 0 Å². The van der Waals surface area contributed by atoms with Crippen LogP contribution in [0, 0.1) is 0 Å². The molecule has 94 valence electrons.